The van der Waals surface area contributed by atoms with Gasteiger partial charge in [-0.25, -0.2) is 4.98 Å². The first-order valence-electron chi connectivity index (χ1n) is 4.99. The van der Waals surface area contributed by atoms with Crippen LogP contribution in [0.1, 0.15) is 18.9 Å². The van der Waals surface area contributed by atoms with E-state index in [1.807, 2.05) is 12.3 Å². The lowest BCUT2D eigenvalue weighted by molar-refractivity contribution is 0.0936. The lowest BCUT2D eigenvalue weighted by Crippen LogP contribution is -2.18. The summed E-state index contributed by atoms with van der Waals surface area (Å²) in [6, 6.07) is 2.42. The fourth-order valence-electron chi connectivity index (χ4n) is 1.57. The predicted octanol–water partition coefficient (Wildman–Crippen LogP) is 2.74. The highest BCUT2D eigenvalue weighted by molar-refractivity contribution is 9.10. The maximum atomic E-state index is 5.39. The van der Waals surface area contributed by atoms with Gasteiger partial charge in [0.15, 0.2) is 0 Å². The zero-order valence-corrected chi connectivity index (χ0v) is 10.8. The third-order valence-corrected chi connectivity index (χ3v) is 3.85. The summed E-state index contributed by atoms with van der Waals surface area (Å²) >= 11 is 3.43. The van der Waals surface area contributed by atoms with Gasteiger partial charge in [0.05, 0.1) is 11.6 Å². The Balaban J connectivity index is 2.04. The molecule has 2 rings (SSSR count). The summed E-state index contributed by atoms with van der Waals surface area (Å²) in [4.78, 5) is 4.31. The van der Waals surface area contributed by atoms with Crippen LogP contribution in [-0.2, 0) is 4.74 Å². The van der Waals surface area contributed by atoms with Crippen molar-refractivity contribution in [1.82, 2.24) is 4.98 Å². The normalized spacial score (nSPS) is 28.9. The van der Waals surface area contributed by atoms with Gasteiger partial charge in [0.1, 0.15) is 5.82 Å². The minimum Gasteiger partial charge on any atom is -0.376 e. The van der Waals surface area contributed by atoms with Gasteiger partial charge >= 0.3 is 0 Å². The average molecular weight is 271 g/mol. The number of rotatable bonds is 3. The fourth-order valence-corrected chi connectivity index (χ4v) is 1.79. The standard InChI is InChI=1S/C11H15BrN2O/c1-7-4-10(13-6-8(7)12)14-9-5-11(9,2)15-3/h4,6,9H,5H2,1-3H3,(H,13,14)/t9-,11+/m1/s1. The van der Waals surface area contributed by atoms with E-state index >= 15 is 0 Å². The van der Waals surface area contributed by atoms with Gasteiger partial charge in [-0.15, -0.1) is 0 Å². The molecule has 1 aliphatic carbocycles. The van der Waals surface area contributed by atoms with E-state index in [0.717, 1.165) is 16.7 Å². The molecule has 82 valence electrons. The summed E-state index contributed by atoms with van der Waals surface area (Å²) in [5.41, 5.74) is 1.18. The number of aryl methyl sites for hydroxylation is 1. The van der Waals surface area contributed by atoms with E-state index in [2.05, 4.69) is 40.1 Å². The van der Waals surface area contributed by atoms with Crippen molar-refractivity contribution < 1.29 is 4.74 Å². The Labute approximate surface area is 98.4 Å². The lowest BCUT2D eigenvalue weighted by atomic mass is 10.3. The van der Waals surface area contributed by atoms with Gasteiger partial charge in [0.2, 0.25) is 0 Å². The Morgan fingerprint density at radius 3 is 2.93 bits per heavy atom. The predicted molar refractivity (Wildman–Crippen MR) is 64.1 cm³/mol. The van der Waals surface area contributed by atoms with E-state index in [9.17, 15) is 0 Å². The van der Waals surface area contributed by atoms with Crippen LogP contribution in [0.15, 0.2) is 16.7 Å². The van der Waals surface area contributed by atoms with E-state index in [4.69, 9.17) is 4.74 Å². The molecular weight excluding hydrogens is 256 g/mol. The summed E-state index contributed by atoms with van der Waals surface area (Å²) in [7, 11) is 1.75. The quantitative estimate of drug-likeness (QED) is 0.917. The molecule has 0 aliphatic heterocycles. The molecule has 1 fully saturated rings. The first-order valence-corrected chi connectivity index (χ1v) is 5.78. The molecule has 2 atom stereocenters. The van der Waals surface area contributed by atoms with Crippen molar-refractivity contribution in [3.63, 3.8) is 0 Å². The topological polar surface area (TPSA) is 34.1 Å². The molecule has 1 aromatic rings. The molecule has 4 heteroatoms. The van der Waals surface area contributed by atoms with Crippen LogP contribution in [0.3, 0.4) is 0 Å². The van der Waals surface area contributed by atoms with Crippen LogP contribution in [0.25, 0.3) is 0 Å². The molecule has 3 nitrogen and oxygen atoms in total. The van der Waals surface area contributed by atoms with Gasteiger partial charge in [-0.2, -0.15) is 0 Å². The van der Waals surface area contributed by atoms with Gasteiger partial charge in [0, 0.05) is 24.2 Å². The molecule has 1 N–H and O–H groups in total. The number of methoxy groups -OCH3 is 1. The van der Waals surface area contributed by atoms with Gasteiger partial charge in [-0.3, -0.25) is 0 Å². The minimum atomic E-state index is -0.0113. The summed E-state index contributed by atoms with van der Waals surface area (Å²) in [5, 5.41) is 3.37. The third-order valence-electron chi connectivity index (χ3n) is 3.02. The van der Waals surface area contributed by atoms with Gasteiger partial charge in [0.25, 0.3) is 0 Å². The van der Waals surface area contributed by atoms with Crippen LogP contribution >= 0.6 is 15.9 Å². The average Bonchev–Trinajstić information content (AvgIpc) is 2.84. The van der Waals surface area contributed by atoms with Crippen molar-refractivity contribution in [3.8, 4) is 0 Å². The molecule has 0 amide bonds. The zero-order valence-electron chi connectivity index (χ0n) is 9.17. The van der Waals surface area contributed by atoms with Crippen molar-refractivity contribution >= 4 is 21.7 Å². The van der Waals surface area contributed by atoms with Crippen LogP contribution in [0.5, 0.6) is 0 Å². The molecule has 1 aliphatic rings. The highest BCUT2D eigenvalue weighted by Crippen LogP contribution is 2.40. The number of pyridine rings is 1. The van der Waals surface area contributed by atoms with Crippen LogP contribution in [0, 0.1) is 6.92 Å². The van der Waals surface area contributed by atoms with E-state index in [1.54, 1.807) is 7.11 Å². The number of ether oxygens (including phenoxy) is 1. The second-order valence-electron chi connectivity index (χ2n) is 4.24. The van der Waals surface area contributed by atoms with Crippen LogP contribution < -0.4 is 5.32 Å². The number of aromatic nitrogens is 1. The second kappa shape index (κ2) is 3.76. The summed E-state index contributed by atoms with van der Waals surface area (Å²) in [6.07, 6.45) is 2.87. The van der Waals surface area contributed by atoms with E-state index in [-0.39, 0.29) is 5.60 Å². The molecule has 0 bridgehead atoms. The third kappa shape index (κ3) is 2.16. The van der Waals surface area contributed by atoms with Crippen molar-refractivity contribution in [2.45, 2.75) is 31.9 Å². The summed E-state index contributed by atoms with van der Waals surface area (Å²) < 4.78 is 6.43. The molecule has 1 heterocycles. The fraction of sp³-hybridized carbons (Fsp3) is 0.545. The number of hydrogen-bond donors (Lipinski definition) is 1. The summed E-state index contributed by atoms with van der Waals surface area (Å²) in [5.74, 6) is 0.918. The molecule has 1 aromatic heterocycles. The molecule has 0 spiro atoms. The molecule has 0 aromatic carbocycles. The van der Waals surface area contributed by atoms with Gasteiger partial charge in [-0.05, 0) is 41.4 Å². The number of halogens is 1. The molecule has 0 radical (unpaired) electrons. The number of nitrogens with zero attached hydrogens (tertiary/aromatic N) is 1. The Morgan fingerprint density at radius 1 is 1.67 bits per heavy atom. The monoisotopic (exact) mass is 270 g/mol. The van der Waals surface area contributed by atoms with E-state index < -0.39 is 0 Å². The maximum Gasteiger partial charge on any atom is 0.126 e. The molecular formula is C11H15BrN2O. The minimum absolute atomic E-state index is 0.0113. The Morgan fingerprint density at radius 2 is 2.40 bits per heavy atom. The highest BCUT2D eigenvalue weighted by atomic mass is 79.9. The van der Waals surface area contributed by atoms with Crippen molar-refractivity contribution in [1.29, 1.82) is 0 Å². The molecule has 15 heavy (non-hydrogen) atoms. The van der Waals surface area contributed by atoms with Crippen LogP contribution in [-0.4, -0.2) is 23.7 Å². The maximum absolute atomic E-state index is 5.39. The first kappa shape index (κ1) is 10.9. The first-order chi connectivity index (χ1) is 7.05. The zero-order chi connectivity index (χ0) is 11.1. The largest absolute Gasteiger partial charge is 0.376 e. The van der Waals surface area contributed by atoms with Gasteiger partial charge < -0.3 is 10.1 Å². The number of anilines is 1. The van der Waals surface area contributed by atoms with Crippen molar-refractivity contribution in [2.75, 3.05) is 12.4 Å². The lowest BCUT2D eigenvalue weighted by Gasteiger charge is -2.11. The van der Waals surface area contributed by atoms with Crippen LogP contribution in [0.2, 0.25) is 0 Å². The van der Waals surface area contributed by atoms with Crippen molar-refractivity contribution in [3.05, 3.63) is 22.3 Å². The summed E-state index contributed by atoms with van der Waals surface area (Å²) in [6.45, 7) is 4.16. The Kier molecular flexibility index (Phi) is 2.73. The number of nitrogens with one attached hydrogen (secondary N) is 1. The van der Waals surface area contributed by atoms with Crippen molar-refractivity contribution in [2.24, 2.45) is 0 Å². The van der Waals surface area contributed by atoms with E-state index in [1.165, 1.54) is 5.56 Å². The Bertz CT molecular complexity index is 383. The van der Waals surface area contributed by atoms with Gasteiger partial charge in [-0.1, -0.05) is 0 Å². The SMILES string of the molecule is CO[C@@]1(C)C[C@H]1Nc1cc(C)c(Br)cn1. The van der Waals surface area contributed by atoms with E-state index in [0.29, 0.717) is 6.04 Å². The second-order valence-corrected chi connectivity index (χ2v) is 5.09. The van der Waals surface area contributed by atoms with Crippen LogP contribution in [0.4, 0.5) is 5.82 Å². The Hall–Kier alpha value is -0.610. The molecule has 0 unspecified atom stereocenters. The smallest absolute Gasteiger partial charge is 0.126 e. The highest BCUT2D eigenvalue weighted by Gasteiger charge is 2.51. The molecule has 1 saturated carbocycles. The molecule has 0 saturated heterocycles. The number of hydrogen-bond acceptors (Lipinski definition) is 3.